The predicted octanol–water partition coefficient (Wildman–Crippen LogP) is 0.259. The number of likely N-dealkylation sites (N-methyl/N-ethyl adjacent to an activating group) is 1. The summed E-state index contributed by atoms with van der Waals surface area (Å²) in [7, 11) is 5.61. The van der Waals surface area contributed by atoms with Crippen molar-refractivity contribution < 1.29 is 5.11 Å². The number of anilines is 3. The summed E-state index contributed by atoms with van der Waals surface area (Å²) in [6.07, 6.45) is 3.64. The highest BCUT2D eigenvalue weighted by Crippen LogP contribution is 2.25. The number of nitrogens with zero attached hydrogens (tertiary/aromatic N) is 5. The molecule has 7 nitrogen and oxygen atoms in total. The molecule has 0 saturated heterocycles. The maximum Gasteiger partial charge on any atom is 0.232 e. The predicted molar refractivity (Wildman–Crippen MR) is 75.2 cm³/mol. The number of hydrogen-bond donors (Lipinski definition) is 2. The van der Waals surface area contributed by atoms with Gasteiger partial charge in [-0.3, -0.25) is 0 Å². The van der Waals surface area contributed by atoms with Crippen LogP contribution in [-0.4, -0.2) is 53.3 Å². The lowest BCUT2D eigenvalue weighted by atomic mass is 9.92. The summed E-state index contributed by atoms with van der Waals surface area (Å²) in [5.41, 5.74) is 5.72. The van der Waals surface area contributed by atoms with Crippen molar-refractivity contribution >= 4 is 17.8 Å². The Morgan fingerprint density at radius 2 is 1.68 bits per heavy atom. The molecule has 0 radical (unpaired) electrons. The van der Waals surface area contributed by atoms with Crippen LogP contribution in [-0.2, 0) is 0 Å². The number of aliphatic hydroxyl groups excluding tert-OH is 1. The molecule has 19 heavy (non-hydrogen) atoms. The van der Waals surface area contributed by atoms with Crippen LogP contribution < -0.4 is 15.5 Å². The van der Waals surface area contributed by atoms with Crippen LogP contribution in [0.25, 0.3) is 0 Å². The summed E-state index contributed by atoms with van der Waals surface area (Å²) >= 11 is 0. The molecule has 106 valence electrons. The van der Waals surface area contributed by atoms with Gasteiger partial charge in [-0.2, -0.15) is 15.0 Å². The van der Waals surface area contributed by atoms with Gasteiger partial charge in [0, 0.05) is 21.1 Å². The molecule has 7 heteroatoms. The minimum Gasteiger partial charge on any atom is -0.391 e. The molecule has 1 saturated carbocycles. The van der Waals surface area contributed by atoms with Crippen LogP contribution in [0.1, 0.15) is 25.7 Å². The van der Waals surface area contributed by atoms with Crippen LogP contribution in [0.4, 0.5) is 17.8 Å². The van der Waals surface area contributed by atoms with Gasteiger partial charge in [-0.25, -0.2) is 0 Å². The Bertz CT molecular complexity index is 438. The fourth-order valence-corrected chi connectivity index (χ4v) is 2.42. The molecule has 2 rings (SSSR count). The van der Waals surface area contributed by atoms with Crippen LogP contribution in [0.3, 0.4) is 0 Å². The van der Waals surface area contributed by atoms with Crippen molar-refractivity contribution in [2.24, 2.45) is 0 Å². The Kier molecular flexibility index (Phi) is 4.04. The zero-order chi connectivity index (χ0) is 14.0. The third kappa shape index (κ3) is 3.04. The highest BCUT2D eigenvalue weighted by atomic mass is 16.3. The summed E-state index contributed by atoms with van der Waals surface area (Å²) < 4.78 is 0. The third-order valence-electron chi connectivity index (χ3n) is 3.54. The first-order chi connectivity index (χ1) is 8.99. The molecule has 1 heterocycles. The smallest absolute Gasteiger partial charge is 0.232 e. The summed E-state index contributed by atoms with van der Waals surface area (Å²) in [6, 6.07) is 0.0468. The van der Waals surface area contributed by atoms with E-state index in [4.69, 9.17) is 5.73 Å². The normalized spacial score (nSPS) is 23.2. The maximum atomic E-state index is 10.1. The van der Waals surface area contributed by atoms with Crippen molar-refractivity contribution in [2.75, 3.05) is 36.7 Å². The zero-order valence-electron chi connectivity index (χ0n) is 11.7. The van der Waals surface area contributed by atoms with Crippen LogP contribution in [0.5, 0.6) is 0 Å². The van der Waals surface area contributed by atoms with E-state index >= 15 is 0 Å². The molecular formula is C12H22N6O. The largest absolute Gasteiger partial charge is 0.391 e. The van der Waals surface area contributed by atoms with Gasteiger partial charge in [-0.1, -0.05) is 12.8 Å². The zero-order valence-corrected chi connectivity index (χ0v) is 11.7. The van der Waals surface area contributed by atoms with Crippen molar-refractivity contribution in [3.05, 3.63) is 0 Å². The Morgan fingerprint density at radius 1 is 1.05 bits per heavy atom. The molecule has 0 aromatic carbocycles. The summed E-state index contributed by atoms with van der Waals surface area (Å²) in [4.78, 5) is 16.3. The fourth-order valence-electron chi connectivity index (χ4n) is 2.42. The molecular weight excluding hydrogens is 244 g/mol. The molecule has 0 aliphatic heterocycles. The quantitative estimate of drug-likeness (QED) is 0.810. The van der Waals surface area contributed by atoms with E-state index in [0.29, 0.717) is 11.9 Å². The molecule has 2 atom stereocenters. The van der Waals surface area contributed by atoms with E-state index in [1.165, 1.54) is 0 Å². The second kappa shape index (κ2) is 5.56. The van der Waals surface area contributed by atoms with Gasteiger partial charge in [0.15, 0.2) is 0 Å². The number of aromatic nitrogens is 3. The van der Waals surface area contributed by atoms with E-state index < -0.39 is 0 Å². The average molecular weight is 266 g/mol. The lowest BCUT2D eigenvalue weighted by Crippen LogP contribution is -2.44. The van der Waals surface area contributed by atoms with E-state index in [9.17, 15) is 5.11 Å². The number of nitrogen functional groups attached to an aromatic ring is 1. The van der Waals surface area contributed by atoms with Crippen molar-refractivity contribution in [3.8, 4) is 0 Å². The van der Waals surface area contributed by atoms with Gasteiger partial charge in [-0.05, 0) is 12.8 Å². The minimum atomic E-state index is -0.334. The first-order valence-corrected chi connectivity index (χ1v) is 6.59. The van der Waals surface area contributed by atoms with Gasteiger partial charge in [0.2, 0.25) is 17.8 Å². The van der Waals surface area contributed by atoms with Gasteiger partial charge in [0.25, 0.3) is 0 Å². The second-order valence-corrected chi connectivity index (χ2v) is 5.22. The third-order valence-corrected chi connectivity index (χ3v) is 3.54. The van der Waals surface area contributed by atoms with Gasteiger partial charge in [0.05, 0.1) is 12.1 Å². The number of rotatable bonds is 3. The Balaban J connectivity index is 2.24. The SMILES string of the molecule is CN(C)c1nc(N)nc(N(C)C2CCCCC2O)n1. The van der Waals surface area contributed by atoms with E-state index in [1.54, 1.807) is 4.90 Å². The Labute approximate surface area is 113 Å². The van der Waals surface area contributed by atoms with Crippen molar-refractivity contribution in [3.63, 3.8) is 0 Å². The highest BCUT2D eigenvalue weighted by Gasteiger charge is 2.28. The first-order valence-electron chi connectivity index (χ1n) is 6.59. The number of aliphatic hydroxyl groups is 1. The van der Waals surface area contributed by atoms with Gasteiger partial charge >= 0.3 is 0 Å². The molecule has 0 amide bonds. The summed E-state index contributed by atoms with van der Waals surface area (Å²) in [5, 5.41) is 10.1. The molecule has 0 spiro atoms. The van der Waals surface area contributed by atoms with E-state index in [2.05, 4.69) is 15.0 Å². The summed E-state index contributed by atoms with van der Waals surface area (Å²) in [5.74, 6) is 1.24. The lowest BCUT2D eigenvalue weighted by molar-refractivity contribution is 0.105. The highest BCUT2D eigenvalue weighted by molar-refractivity contribution is 5.43. The maximum absolute atomic E-state index is 10.1. The summed E-state index contributed by atoms with van der Waals surface area (Å²) in [6.45, 7) is 0. The van der Waals surface area contributed by atoms with Crippen molar-refractivity contribution in [1.82, 2.24) is 15.0 Å². The van der Waals surface area contributed by atoms with Crippen molar-refractivity contribution in [2.45, 2.75) is 37.8 Å². The van der Waals surface area contributed by atoms with Gasteiger partial charge in [0.1, 0.15) is 0 Å². The monoisotopic (exact) mass is 266 g/mol. The second-order valence-electron chi connectivity index (χ2n) is 5.22. The molecule has 1 aliphatic carbocycles. The van der Waals surface area contributed by atoms with E-state index in [-0.39, 0.29) is 18.1 Å². The standard InChI is InChI=1S/C12H22N6O/c1-17(2)11-14-10(13)15-12(16-11)18(3)8-6-4-5-7-9(8)19/h8-9,19H,4-7H2,1-3H3,(H2,13,14,15,16). The fraction of sp³-hybridized carbons (Fsp3) is 0.750. The van der Waals surface area contributed by atoms with E-state index in [0.717, 1.165) is 25.7 Å². The number of nitrogens with two attached hydrogens (primary N) is 1. The van der Waals surface area contributed by atoms with Crippen molar-refractivity contribution in [1.29, 1.82) is 0 Å². The van der Waals surface area contributed by atoms with Crippen LogP contribution in [0.2, 0.25) is 0 Å². The average Bonchev–Trinajstić information content (AvgIpc) is 2.37. The van der Waals surface area contributed by atoms with Crippen LogP contribution in [0, 0.1) is 0 Å². The van der Waals surface area contributed by atoms with Crippen LogP contribution >= 0.6 is 0 Å². The topological polar surface area (TPSA) is 91.4 Å². The van der Waals surface area contributed by atoms with Gasteiger partial charge in [-0.15, -0.1) is 0 Å². The molecule has 2 unspecified atom stereocenters. The molecule has 1 fully saturated rings. The number of hydrogen-bond acceptors (Lipinski definition) is 7. The minimum absolute atomic E-state index is 0.0468. The van der Waals surface area contributed by atoms with Crippen LogP contribution in [0.15, 0.2) is 0 Å². The molecule has 1 aromatic rings. The first kappa shape index (κ1) is 13.8. The van der Waals surface area contributed by atoms with E-state index in [1.807, 2.05) is 26.0 Å². The Hall–Kier alpha value is -1.63. The Morgan fingerprint density at radius 3 is 2.32 bits per heavy atom. The molecule has 0 bridgehead atoms. The molecule has 1 aliphatic rings. The molecule has 3 N–H and O–H groups in total. The molecule has 1 aromatic heterocycles. The van der Waals surface area contributed by atoms with Gasteiger partial charge < -0.3 is 20.6 Å². The lowest BCUT2D eigenvalue weighted by Gasteiger charge is -2.35.